The number of carbonyl (C=O) groups excluding carboxylic acids is 1. The second kappa shape index (κ2) is 4.42. The SMILES string of the molecule is CN(C(=O)CC(F)(F)F)c1ccccc1N. The van der Waals surface area contributed by atoms with Gasteiger partial charge in [0.15, 0.2) is 0 Å². The summed E-state index contributed by atoms with van der Waals surface area (Å²) in [5.74, 6) is -1.04. The zero-order valence-corrected chi connectivity index (χ0v) is 8.58. The van der Waals surface area contributed by atoms with E-state index in [0.29, 0.717) is 0 Å². The highest BCUT2D eigenvalue weighted by Crippen LogP contribution is 2.25. The van der Waals surface area contributed by atoms with Crippen molar-refractivity contribution < 1.29 is 18.0 Å². The van der Waals surface area contributed by atoms with Gasteiger partial charge in [0.05, 0.1) is 11.4 Å². The van der Waals surface area contributed by atoms with E-state index in [9.17, 15) is 18.0 Å². The number of rotatable bonds is 2. The maximum absolute atomic E-state index is 12.0. The zero-order chi connectivity index (χ0) is 12.3. The second-order valence-electron chi connectivity index (χ2n) is 3.30. The first-order valence-corrected chi connectivity index (χ1v) is 4.49. The quantitative estimate of drug-likeness (QED) is 0.794. The molecule has 1 amide bonds. The molecule has 88 valence electrons. The van der Waals surface area contributed by atoms with Crippen LogP contribution in [0.5, 0.6) is 0 Å². The van der Waals surface area contributed by atoms with E-state index in [2.05, 4.69) is 0 Å². The molecule has 0 radical (unpaired) electrons. The minimum Gasteiger partial charge on any atom is -0.397 e. The van der Waals surface area contributed by atoms with E-state index in [-0.39, 0.29) is 11.4 Å². The molecule has 6 heteroatoms. The van der Waals surface area contributed by atoms with Crippen LogP contribution in [-0.2, 0) is 4.79 Å². The topological polar surface area (TPSA) is 46.3 Å². The van der Waals surface area contributed by atoms with Crippen molar-refractivity contribution in [1.29, 1.82) is 0 Å². The third kappa shape index (κ3) is 3.15. The maximum atomic E-state index is 12.0. The molecule has 0 spiro atoms. The van der Waals surface area contributed by atoms with Crippen molar-refractivity contribution in [3.05, 3.63) is 24.3 Å². The van der Waals surface area contributed by atoms with E-state index in [1.807, 2.05) is 0 Å². The first kappa shape index (κ1) is 12.4. The number of nitrogens with zero attached hydrogens (tertiary/aromatic N) is 1. The van der Waals surface area contributed by atoms with Crippen LogP contribution in [0.15, 0.2) is 24.3 Å². The lowest BCUT2D eigenvalue weighted by atomic mass is 10.2. The van der Waals surface area contributed by atoms with Crippen LogP contribution in [0, 0.1) is 0 Å². The Morgan fingerprint density at radius 2 is 1.94 bits per heavy atom. The lowest BCUT2D eigenvalue weighted by Crippen LogP contribution is -2.31. The minimum atomic E-state index is -4.51. The van der Waals surface area contributed by atoms with Crippen molar-refractivity contribution in [2.45, 2.75) is 12.6 Å². The van der Waals surface area contributed by atoms with Crippen LogP contribution in [0.1, 0.15) is 6.42 Å². The fourth-order valence-electron chi connectivity index (χ4n) is 1.22. The van der Waals surface area contributed by atoms with Gasteiger partial charge in [0, 0.05) is 7.05 Å². The van der Waals surface area contributed by atoms with Gasteiger partial charge in [-0.05, 0) is 12.1 Å². The summed E-state index contributed by atoms with van der Waals surface area (Å²) in [6.07, 6.45) is -5.99. The van der Waals surface area contributed by atoms with Gasteiger partial charge in [-0.25, -0.2) is 0 Å². The minimum absolute atomic E-state index is 0.264. The third-order valence-corrected chi connectivity index (χ3v) is 2.02. The zero-order valence-electron chi connectivity index (χ0n) is 8.58. The molecule has 0 aliphatic rings. The normalized spacial score (nSPS) is 11.2. The van der Waals surface area contributed by atoms with Crippen LogP contribution in [0.2, 0.25) is 0 Å². The Hall–Kier alpha value is -1.72. The number of halogens is 3. The summed E-state index contributed by atoms with van der Waals surface area (Å²) in [5.41, 5.74) is 6.09. The number of benzene rings is 1. The molecule has 0 saturated heterocycles. The van der Waals surface area contributed by atoms with Crippen LogP contribution < -0.4 is 10.6 Å². The Kier molecular flexibility index (Phi) is 3.41. The Balaban J connectivity index is 2.83. The van der Waals surface area contributed by atoms with Gasteiger partial charge >= 0.3 is 6.18 Å². The molecule has 0 saturated carbocycles. The van der Waals surface area contributed by atoms with Gasteiger partial charge < -0.3 is 10.6 Å². The highest BCUT2D eigenvalue weighted by molar-refractivity contribution is 5.96. The Labute approximate surface area is 90.6 Å². The van der Waals surface area contributed by atoms with E-state index in [4.69, 9.17) is 5.73 Å². The Morgan fingerprint density at radius 3 is 2.44 bits per heavy atom. The van der Waals surface area contributed by atoms with Gasteiger partial charge in [-0.2, -0.15) is 13.2 Å². The summed E-state index contributed by atoms with van der Waals surface area (Å²) in [5, 5.41) is 0. The van der Waals surface area contributed by atoms with E-state index in [0.717, 1.165) is 4.90 Å². The molecule has 1 aromatic rings. The van der Waals surface area contributed by atoms with Gasteiger partial charge in [-0.1, -0.05) is 12.1 Å². The van der Waals surface area contributed by atoms with Crippen LogP contribution in [0.3, 0.4) is 0 Å². The fraction of sp³-hybridized carbons (Fsp3) is 0.300. The number of hydrogen-bond donors (Lipinski definition) is 1. The van der Waals surface area contributed by atoms with Crippen molar-refractivity contribution in [1.82, 2.24) is 0 Å². The molecule has 0 heterocycles. The van der Waals surface area contributed by atoms with Crippen LogP contribution >= 0.6 is 0 Å². The average molecular weight is 232 g/mol. The molecule has 1 rings (SSSR count). The van der Waals surface area contributed by atoms with E-state index in [1.165, 1.54) is 19.2 Å². The standard InChI is InChI=1S/C10H11F3N2O/c1-15(9(16)6-10(11,12)13)8-5-3-2-4-7(8)14/h2-5H,6,14H2,1H3. The van der Waals surface area contributed by atoms with Crippen molar-refractivity contribution in [3.8, 4) is 0 Å². The van der Waals surface area contributed by atoms with E-state index < -0.39 is 18.5 Å². The van der Waals surface area contributed by atoms with Crippen molar-refractivity contribution >= 4 is 17.3 Å². The van der Waals surface area contributed by atoms with Gasteiger partial charge in [0.2, 0.25) is 5.91 Å². The largest absolute Gasteiger partial charge is 0.397 e. The third-order valence-electron chi connectivity index (χ3n) is 2.02. The van der Waals surface area contributed by atoms with Crippen LogP contribution in [0.25, 0.3) is 0 Å². The highest BCUT2D eigenvalue weighted by atomic mass is 19.4. The first-order chi connectivity index (χ1) is 7.31. The molecular weight excluding hydrogens is 221 g/mol. The summed E-state index contributed by atoms with van der Waals surface area (Å²) in [6, 6.07) is 6.25. The van der Waals surface area contributed by atoms with Crippen molar-refractivity contribution in [2.75, 3.05) is 17.7 Å². The molecule has 0 bridgehead atoms. The van der Waals surface area contributed by atoms with Gasteiger partial charge in [0.1, 0.15) is 6.42 Å². The molecule has 0 aliphatic carbocycles. The number of carbonyl (C=O) groups is 1. The Bertz CT molecular complexity index is 390. The molecule has 0 unspecified atom stereocenters. The first-order valence-electron chi connectivity index (χ1n) is 4.49. The van der Waals surface area contributed by atoms with Crippen molar-refractivity contribution in [3.63, 3.8) is 0 Å². The molecule has 0 atom stereocenters. The number of para-hydroxylation sites is 2. The molecular formula is C10H11F3N2O. The number of amides is 1. The van der Waals surface area contributed by atoms with Crippen LogP contribution in [0.4, 0.5) is 24.5 Å². The highest BCUT2D eigenvalue weighted by Gasteiger charge is 2.33. The lowest BCUT2D eigenvalue weighted by molar-refractivity contribution is -0.151. The predicted molar refractivity (Wildman–Crippen MR) is 54.9 cm³/mol. The van der Waals surface area contributed by atoms with Gasteiger partial charge in [-0.3, -0.25) is 4.79 Å². The maximum Gasteiger partial charge on any atom is 0.397 e. The van der Waals surface area contributed by atoms with E-state index >= 15 is 0 Å². The number of alkyl halides is 3. The number of anilines is 2. The smallest absolute Gasteiger partial charge is 0.397 e. The van der Waals surface area contributed by atoms with Gasteiger partial charge in [-0.15, -0.1) is 0 Å². The molecule has 0 aromatic heterocycles. The summed E-state index contributed by atoms with van der Waals surface area (Å²) < 4.78 is 36.0. The van der Waals surface area contributed by atoms with E-state index in [1.54, 1.807) is 12.1 Å². The second-order valence-corrected chi connectivity index (χ2v) is 3.30. The molecule has 16 heavy (non-hydrogen) atoms. The summed E-state index contributed by atoms with van der Waals surface area (Å²) in [7, 11) is 1.26. The van der Waals surface area contributed by atoms with Crippen LogP contribution in [-0.4, -0.2) is 19.1 Å². The fourth-order valence-corrected chi connectivity index (χ4v) is 1.22. The average Bonchev–Trinajstić information content (AvgIpc) is 2.15. The number of nitrogen functional groups attached to an aromatic ring is 1. The van der Waals surface area contributed by atoms with Crippen molar-refractivity contribution in [2.24, 2.45) is 0 Å². The molecule has 3 nitrogen and oxygen atoms in total. The molecule has 1 aromatic carbocycles. The molecule has 0 fully saturated rings. The Morgan fingerprint density at radius 1 is 1.38 bits per heavy atom. The molecule has 0 aliphatic heterocycles. The number of hydrogen-bond acceptors (Lipinski definition) is 2. The summed E-state index contributed by atoms with van der Waals surface area (Å²) >= 11 is 0. The molecule has 2 N–H and O–H groups in total. The lowest BCUT2D eigenvalue weighted by Gasteiger charge is -2.19. The van der Waals surface area contributed by atoms with Gasteiger partial charge in [0.25, 0.3) is 0 Å². The summed E-state index contributed by atoms with van der Waals surface area (Å²) in [4.78, 5) is 12.2. The predicted octanol–water partition coefficient (Wildman–Crippen LogP) is 2.18. The summed E-state index contributed by atoms with van der Waals surface area (Å²) in [6.45, 7) is 0. The number of nitrogens with two attached hydrogens (primary N) is 1. The monoisotopic (exact) mass is 232 g/mol.